The summed E-state index contributed by atoms with van der Waals surface area (Å²) in [4.78, 5) is 0.368. The van der Waals surface area contributed by atoms with Crippen LogP contribution in [0.4, 0.5) is 0 Å². The fourth-order valence-electron chi connectivity index (χ4n) is 2.17. The number of nitrogens with zero attached hydrogens (tertiary/aromatic N) is 1. The molecule has 20 heavy (non-hydrogen) atoms. The molecule has 1 aromatic rings. The summed E-state index contributed by atoms with van der Waals surface area (Å²) in [6.07, 6.45) is 2.40. The van der Waals surface area contributed by atoms with Crippen molar-refractivity contribution in [3.8, 4) is 0 Å². The molecule has 1 unspecified atom stereocenters. The lowest BCUT2D eigenvalue weighted by atomic mass is 10.1. The number of sulfonamides is 1. The molecule has 0 aliphatic heterocycles. The highest BCUT2D eigenvalue weighted by Crippen LogP contribution is 2.17. The molecule has 1 aromatic carbocycles. The van der Waals surface area contributed by atoms with Gasteiger partial charge >= 0.3 is 0 Å². The standard InChI is InChI=1S/C15H26N2O2S/c1-4-10-17(11-5-2)20(18,19)15-8-6-14(7-9-15)12-13(3)16/h6-9,13H,4-5,10-12,16H2,1-3H3. The maximum Gasteiger partial charge on any atom is 0.243 e. The normalized spacial score (nSPS) is 13.7. The SMILES string of the molecule is CCCN(CCC)S(=O)(=O)c1ccc(CC(C)N)cc1. The predicted octanol–water partition coefficient (Wildman–Crippen LogP) is 2.39. The molecule has 0 heterocycles. The molecule has 5 heteroatoms. The maximum atomic E-state index is 12.5. The molecule has 0 spiro atoms. The van der Waals surface area contributed by atoms with E-state index in [1.807, 2.05) is 32.9 Å². The van der Waals surface area contributed by atoms with Gasteiger partial charge in [-0.25, -0.2) is 8.42 Å². The maximum absolute atomic E-state index is 12.5. The third-order valence-electron chi connectivity index (χ3n) is 3.06. The lowest BCUT2D eigenvalue weighted by Crippen LogP contribution is -2.32. The predicted molar refractivity (Wildman–Crippen MR) is 83.1 cm³/mol. The van der Waals surface area contributed by atoms with Crippen LogP contribution in [0.15, 0.2) is 29.2 Å². The molecule has 2 N–H and O–H groups in total. The Hall–Kier alpha value is -0.910. The summed E-state index contributed by atoms with van der Waals surface area (Å²) in [5, 5.41) is 0. The Morgan fingerprint density at radius 2 is 1.60 bits per heavy atom. The van der Waals surface area contributed by atoms with E-state index in [1.165, 1.54) is 0 Å². The molecule has 0 radical (unpaired) electrons. The van der Waals surface area contributed by atoms with Gasteiger partial charge in [-0.2, -0.15) is 4.31 Å². The zero-order valence-electron chi connectivity index (χ0n) is 12.7. The van der Waals surface area contributed by atoms with Crippen LogP contribution in [0.25, 0.3) is 0 Å². The highest BCUT2D eigenvalue weighted by Gasteiger charge is 2.22. The second-order valence-corrected chi connectivity index (χ2v) is 7.17. The minimum Gasteiger partial charge on any atom is -0.328 e. The van der Waals surface area contributed by atoms with Crippen LogP contribution in [-0.2, 0) is 16.4 Å². The number of hydrogen-bond acceptors (Lipinski definition) is 3. The van der Waals surface area contributed by atoms with Crippen LogP contribution >= 0.6 is 0 Å². The van der Waals surface area contributed by atoms with Gasteiger partial charge in [0.05, 0.1) is 4.90 Å². The van der Waals surface area contributed by atoms with Crippen molar-refractivity contribution in [3.05, 3.63) is 29.8 Å². The fourth-order valence-corrected chi connectivity index (χ4v) is 3.79. The van der Waals surface area contributed by atoms with Crippen molar-refractivity contribution in [2.45, 2.75) is 51.0 Å². The van der Waals surface area contributed by atoms with E-state index < -0.39 is 10.0 Å². The van der Waals surface area contributed by atoms with Crippen LogP contribution < -0.4 is 5.73 Å². The lowest BCUT2D eigenvalue weighted by molar-refractivity contribution is 0.410. The Balaban J connectivity index is 2.96. The van der Waals surface area contributed by atoms with Gasteiger partial charge < -0.3 is 5.73 Å². The molecule has 4 nitrogen and oxygen atoms in total. The van der Waals surface area contributed by atoms with Crippen molar-refractivity contribution < 1.29 is 8.42 Å². The molecule has 0 aliphatic rings. The van der Waals surface area contributed by atoms with Crippen molar-refractivity contribution in [2.24, 2.45) is 5.73 Å². The highest BCUT2D eigenvalue weighted by molar-refractivity contribution is 7.89. The molecule has 0 aliphatic carbocycles. The van der Waals surface area contributed by atoms with Crippen LogP contribution in [0, 0.1) is 0 Å². The van der Waals surface area contributed by atoms with Gasteiger partial charge in [0.25, 0.3) is 0 Å². The first-order valence-electron chi connectivity index (χ1n) is 7.26. The highest BCUT2D eigenvalue weighted by atomic mass is 32.2. The van der Waals surface area contributed by atoms with Gasteiger partial charge in [-0.1, -0.05) is 26.0 Å². The molecule has 1 atom stereocenters. The summed E-state index contributed by atoms with van der Waals surface area (Å²) in [5.41, 5.74) is 6.82. The van der Waals surface area contributed by atoms with Crippen LogP contribution in [0.5, 0.6) is 0 Å². The molecule has 0 aromatic heterocycles. The Labute approximate surface area is 123 Å². The smallest absolute Gasteiger partial charge is 0.243 e. The minimum absolute atomic E-state index is 0.0779. The molecule has 114 valence electrons. The Morgan fingerprint density at radius 3 is 2.00 bits per heavy atom. The molecule has 1 rings (SSSR count). The van der Waals surface area contributed by atoms with Gasteiger partial charge in [0, 0.05) is 19.1 Å². The first-order chi connectivity index (χ1) is 9.41. The summed E-state index contributed by atoms with van der Waals surface area (Å²) >= 11 is 0. The number of benzene rings is 1. The van der Waals surface area contributed by atoms with Crippen LogP contribution in [0.2, 0.25) is 0 Å². The van der Waals surface area contributed by atoms with E-state index >= 15 is 0 Å². The summed E-state index contributed by atoms with van der Waals surface area (Å²) in [6, 6.07) is 7.16. The second-order valence-electron chi connectivity index (χ2n) is 5.23. The third kappa shape index (κ3) is 4.58. The number of rotatable bonds is 8. The van der Waals surface area contributed by atoms with Crippen molar-refractivity contribution in [3.63, 3.8) is 0 Å². The average Bonchev–Trinajstić information content (AvgIpc) is 2.38. The Morgan fingerprint density at radius 1 is 1.10 bits per heavy atom. The fraction of sp³-hybridized carbons (Fsp3) is 0.600. The number of nitrogens with two attached hydrogens (primary N) is 1. The second kappa shape index (κ2) is 7.76. The van der Waals surface area contributed by atoms with E-state index in [2.05, 4.69) is 0 Å². The summed E-state index contributed by atoms with van der Waals surface area (Å²) in [5.74, 6) is 0. The molecule has 0 fully saturated rings. The van der Waals surface area contributed by atoms with E-state index in [4.69, 9.17) is 5.73 Å². The topological polar surface area (TPSA) is 63.4 Å². The molecular formula is C15H26N2O2S. The summed E-state index contributed by atoms with van der Waals surface area (Å²) in [6.45, 7) is 7.05. The minimum atomic E-state index is -3.37. The van der Waals surface area contributed by atoms with Gasteiger partial charge in [0.15, 0.2) is 0 Å². The van der Waals surface area contributed by atoms with Crippen LogP contribution in [-0.4, -0.2) is 31.9 Å². The Bertz CT molecular complexity index is 489. The van der Waals surface area contributed by atoms with Gasteiger partial charge in [-0.05, 0) is 43.9 Å². The first-order valence-corrected chi connectivity index (χ1v) is 8.70. The van der Waals surface area contributed by atoms with E-state index in [9.17, 15) is 8.42 Å². The van der Waals surface area contributed by atoms with Crippen molar-refractivity contribution >= 4 is 10.0 Å². The summed E-state index contributed by atoms with van der Waals surface area (Å²) < 4.78 is 26.7. The van der Waals surface area contributed by atoms with Gasteiger partial charge in [-0.15, -0.1) is 0 Å². The van der Waals surface area contributed by atoms with Crippen molar-refractivity contribution in [1.29, 1.82) is 0 Å². The van der Waals surface area contributed by atoms with E-state index in [1.54, 1.807) is 16.4 Å². The van der Waals surface area contributed by atoms with Gasteiger partial charge in [0.2, 0.25) is 10.0 Å². The third-order valence-corrected chi connectivity index (χ3v) is 4.98. The number of hydrogen-bond donors (Lipinski definition) is 1. The zero-order chi connectivity index (χ0) is 15.2. The quantitative estimate of drug-likeness (QED) is 0.801. The zero-order valence-corrected chi connectivity index (χ0v) is 13.5. The molecular weight excluding hydrogens is 272 g/mol. The Kier molecular flexibility index (Phi) is 6.65. The van der Waals surface area contributed by atoms with Crippen molar-refractivity contribution in [1.82, 2.24) is 4.31 Å². The van der Waals surface area contributed by atoms with E-state index in [0.717, 1.165) is 24.8 Å². The summed E-state index contributed by atoms with van der Waals surface area (Å²) in [7, 11) is -3.37. The largest absolute Gasteiger partial charge is 0.328 e. The van der Waals surface area contributed by atoms with Gasteiger partial charge in [0.1, 0.15) is 0 Å². The molecule has 0 saturated heterocycles. The van der Waals surface area contributed by atoms with E-state index in [-0.39, 0.29) is 6.04 Å². The van der Waals surface area contributed by atoms with E-state index in [0.29, 0.717) is 18.0 Å². The average molecular weight is 298 g/mol. The van der Waals surface area contributed by atoms with Crippen LogP contribution in [0.1, 0.15) is 39.2 Å². The van der Waals surface area contributed by atoms with Crippen molar-refractivity contribution in [2.75, 3.05) is 13.1 Å². The lowest BCUT2D eigenvalue weighted by Gasteiger charge is -2.21. The molecule has 0 amide bonds. The first kappa shape index (κ1) is 17.1. The monoisotopic (exact) mass is 298 g/mol. The van der Waals surface area contributed by atoms with Crippen LogP contribution in [0.3, 0.4) is 0 Å². The molecule has 0 bridgehead atoms. The molecule has 0 saturated carbocycles. The van der Waals surface area contributed by atoms with Gasteiger partial charge in [-0.3, -0.25) is 0 Å².